The number of hydrogen-bond donors (Lipinski definition) is 1. The molecule has 2 aromatic carbocycles. The molecule has 0 aliphatic carbocycles. The zero-order valence-electron chi connectivity index (χ0n) is 13.2. The first-order chi connectivity index (χ1) is 12.0. The third-order valence-corrected chi connectivity index (χ3v) is 11.8. The Kier molecular flexibility index (Phi) is 4.29. The van der Waals surface area contributed by atoms with Gasteiger partial charge in [-0.15, -0.1) is 8.28 Å². The van der Waals surface area contributed by atoms with Crippen LogP contribution in [0.1, 0.15) is 6.42 Å². The fourth-order valence-corrected chi connectivity index (χ4v) is 11.4. The molecule has 2 aliphatic heterocycles. The zero-order chi connectivity index (χ0) is 17.4. The fourth-order valence-electron chi connectivity index (χ4n) is 2.50. The minimum absolute atomic E-state index is 0.406. The van der Waals surface area contributed by atoms with E-state index in [9.17, 15) is 8.42 Å². The van der Waals surface area contributed by atoms with E-state index >= 15 is 0 Å². The molecule has 25 heavy (non-hydrogen) atoms. The second-order valence-electron chi connectivity index (χ2n) is 5.50. The smallest absolute Gasteiger partial charge is 0.294 e. The summed E-state index contributed by atoms with van der Waals surface area (Å²) in [6, 6.07) is 17.3. The lowest BCUT2D eigenvalue weighted by molar-refractivity contribution is 0.310. The Morgan fingerprint density at radius 3 is 2.08 bits per heavy atom. The summed E-state index contributed by atoms with van der Waals surface area (Å²) in [4.78, 5) is 0.813. The molecular formula is C15H17N4O3PS2. The van der Waals surface area contributed by atoms with Crippen molar-refractivity contribution >= 4 is 27.4 Å². The highest BCUT2D eigenvalue weighted by molar-refractivity contribution is 8.08. The molecular weight excluding hydrogens is 379 g/mol. The van der Waals surface area contributed by atoms with Crippen LogP contribution >= 0.6 is 7.58 Å². The number of benzene rings is 2. The average molecular weight is 396 g/mol. The van der Waals surface area contributed by atoms with Gasteiger partial charge in [-0.25, -0.2) is 13.5 Å². The van der Waals surface area contributed by atoms with E-state index in [1.54, 1.807) is 48.5 Å². The second kappa shape index (κ2) is 6.34. The topological polar surface area (TPSA) is 92.5 Å². The second-order valence-corrected chi connectivity index (χ2v) is 12.0. The van der Waals surface area contributed by atoms with Crippen LogP contribution in [-0.4, -0.2) is 21.6 Å². The highest BCUT2D eigenvalue weighted by Crippen LogP contribution is 2.56. The first kappa shape index (κ1) is 16.9. The number of nitrogens with one attached hydrogen (secondary N) is 1. The van der Waals surface area contributed by atoms with E-state index in [0.717, 1.165) is 6.42 Å². The normalized spacial score (nSPS) is 34.6. The average Bonchev–Trinajstić information content (AvgIpc) is 2.63. The quantitative estimate of drug-likeness (QED) is 0.781. The molecule has 2 heterocycles. The van der Waals surface area contributed by atoms with Crippen molar-refractivity contribution in [2.45, 2.75) is 16.2 Å². The molecule has 0 bridgehead atoms. The van der Waals surface area contributed by atoms with Gasteiger partial charge in [-0.3, -0.25) is 0 Å². The summed E-state index contributed by atoms with van der Waals surface area (Å²) in [5, 5.41) is 3.12. The van der Waals surface area contributed by atoms with Gasteiger partial charge in [0.1, 0.15) is 0 Å². The van der Waals surface area contributed by atoms with E-state index in [4.69, 9.17) is 4.52 Å². The Balaban J connectivity index is 2.04. The van der Waals surface area contributed by atoms with Gasteiger partial charge >= 0.3 is 0 Å². The number of nitrogens with zero attached hydrogens (tertiary/aromatic N) is 3. The van der Waals surface area contributed by atoms with E-state index in [1.165, 1.54) is 0 Å². The molecule has 0 radical (unpaired) electrons. The maximum atomic E-state index is 13.6. The van der Waals surface area contributed by atoms with Crippen LogP contribution in [0.2, 0.25) is 0 Å². The lowest BCUT2D eigenvalue weighted by atomic mass is 10.4. The molecule has 1 fully saturated rings. The van der Waals surface area contributed by atoms with Crippen LogP contribution in [0.4, 0.5) is 0 Å². The summed E-state index contributed by atoms with van der Waals surface area (Å²) in [5.41, 5.74) is 0. The van der Waals surface area contributed by atoms with Crippen molar-refractivity contribution in [3.8, 4) is 0 Å². The molecule has 3 atom stereocenters. The molecule has 1 unspecified atom stereocenters. The maximum Gasteiger partial charge on any atom is 0.294 e. The van der Waals surface area contributed by atoms with E-state index in [0.29, 0.717) is 22.9 Å². The standard InChI is InChI=1S/C15H17N4O3PS2/c20-24(14-8-3-1-4-9-14)17-23(16-12-7-13-22-23)18-25(21,19-24)15-10-5-2-6-11-15/h1-6,8-11,16H,7,12-13H2/t24-,25-/m0/s1. The van der Waals surface area contributed by atoms with Gasteiger partial charge in [0.25, 0.3) is 7.58 Å². The molecule has 10 heteroatoms. The van der Waals surface area contributed by atoms with Crippen LogP contribution in [0.15, 0.2) is 82.5 Å². The number of hydrogen-bond acceptors (Lipinski definition) is 5. The van der Waals surface area contributed by atoms with Crippen LogP contribution < -0.4 is 5.09 Å². The van der Waals surface area contributed by atoms with Gasteiger partial charge < -0.3 is 4.52 Å². The lowest BCUT2D eigenvalue weighted by Gasteiger charge is -2.28. The van der Waals surface area contributed by atoms with Crippen molar-refractivity contribution in [2.75, 3.05) is 13.2 Å². The summed E-state index contributed by atoms with van der Waals surface area (Å²) < 4.78 is 45.9. The molecule has 132 valence electrons. The van der Waals surface area contributed by atoms with Crippen LogP contribution in [0.5, 0.6) is 0 Å². The molecule has 2 aliphatic rings. The lowest BCUT2D eigenvalue weighted by Crippen LogP contribution is -2.24. The van der Waals surface area contributed by atoms with Gasteiger partial charge in [-0.05, 0) is 30.7 Å². The van der Waals surface area contributed by atoms with Crippen molar-refractivity contribution in [3.63, 3.8) is 0 Å². The molecule has 2 aromatic rings. The Morgan fingerprint density at radius 2 is 1.52 bits per heavy atom. The predicted molar refractivity (Wildman–Crippen MR) is 98.5 cm³/mol. The predicted octanol–water partition coefficient (Wildman–Crippen LogP) is 3.84. The SMILES string of the molecule is O=[S@@]1(c2ccccc2)=NP2(=N[S@@](=O)(c3ccccc3)=N1)NCCCO2. The van der Waals surface area contributed by atoms with E-state index in [1.807, 2.05) is 12.1 Å². The first-order valence-corrected chi connectivity index (χ1v) is 12.3. The molecule has 4 rings (SSSR count). The van der Waals surface area contributed by atoms with Gasteiger partial charge in [-0.2, -0.15) is 0 Å². The van der Waals surface area contributed by atoms with Gasteiger partial charge in [0.05, 0.1) is 16.4 Å². The van der Waals surface area contributed by atoms with Gasteiger partial charge in [0.2, 0.25) is 0 Å². The van der Waals surface area contributed by atoms with Crippen LogP contribution in [0.3, 0.4) is 0 Å². The van der Waals surface area contributed by atoms with Crippen molar-refractivity contribution < 1.29 is 12.9 Å². The minimum atomic E-state index is -3.29. The van der Waals surface area contributed by atoms with E-state index in [2.05, 4.69) is 17.1 Å². The summed E-state index contributed by atoms with van der Waals surface area (Å²) in [6.45, 7) is 1.05. The highest BCUT2D eigenvalue weighted by Gasteiger charge is 2.35. The Labute approximate surface area is 147 Å². The van der Waals surface area contributed by atoms with E-state index in [-0.39, 0.29) is 0 Å². The van der Waals surface area contributed by atoms with Gasteiger partial charge in [-0.1, -0.05) is 40.2 Å². The van der Waals surface area contributed by atoms with E-state index < -0.39 is 27.4 Å². The minimum Gasteiger partial charge on any atom is -0.315 e. The van der Waals surface area contributed by atoms with Crippen LogP contribution in [0.25, 0.3) is 0 Å². The number of rotatable bonds is 2. The molecule has 1 saturated heterocycles. The van der Waals surface area contributed by atoms with Crippen molar-refractivity contribution in [2.24, 2.45) is 12.1 Å². The highest BCUT2D eigenvalue weighted by atomic mass is 32.3. The summed E-state index contributed by atoms with van der Waals surface area (Å²) in [6.07, 6.45) is 0.795. The molecule has 0 aromatic heterocycles. The molecule has 1 spiro atoms. The Bertz CT molecular complexity index is 1020. The first-order valence-electron chi connectivity index (χ1n) is 7.74. The van der Waals surface area contributed by atoms with Gasteiger partial charge in [0, 0.05) is 6.54 Å². The van der Waals surface area contributed by atoms with Crippen LogP contribution in [-0.2, 0) is 24.4 Å². The fraction of sp³-hybridized carbons (Fsp3) is 0.200. The van der Waals surface area contributed by atoms with Crippen LogP contribution in [0, 0.1) is 0 Å². The zero-order valence-corrected chi connectivity index (χ0v) is 15.8. The summed E-state index contributed by atoms with van der Waals surface area (Å²) in [5.74, 6) is 0. The monoisotopic (exact) mass is 396 g/mol. The molecule has 0 amide bonds. The third-order valence-electron chi connectivity index (χ3n) is 3.66. The third kappa shape index (κ3) is 3.18. The van der Waals surface area contributed by atoms with Crippen molar-refractivity contribution in [1.82, 2.24) is 5.09 Å². The largest absolute Gasteiger partial charge is 0.315 e. The molecule has 7 nitrogen and oxygen atoms in total. The molecule has 0 saturated carbocycles. The summed E-state index contributed by atoms with van der Waals surface area (Å²) in [7, 11) is -9.58. The van der Waals surface area contributed by atoms with Crippen molar-refractivity contribution in [1.29, 1.82) is 0 Å². The maximum absolute atomic E-state index is 13.6. The van der Waals surface area contributed by atoms with Gasteiger partial charge in [0.15, 0.2) is 19.8 Å². The summed E-state index contributed by atoms with van der Waals surface area (Å²) >= 11 is 0. The molecule has 1 N–H and O–H groups in total. The Hall–Kier alpha value is -1.51. The van der Waals surface area contributed by atoms with Crippen molar-refractivity contribution in [3.05, 3.63) is 60.7 Å². The Morgan fingerprint density at radius 1 is 0.920 bits per heavy atom.